The summed E-state index contributed by atoms with van der Waals surface area (Å²) in [6.07, 6.45) is 0.586. The largest absolute Gasteiger partial charge is 0.298 e. The molecule has 1 atom stereocenters. The van der Waals surface area contributed by atoms with Crippen molar-refractivity contribution in [1.29, 1.82) is 5.26 Å². The van der Waals surface area contributed by atoms with E-state index in [2.05, 4.69) is 52.3 Å². The molecule has 0 radical (unpaired) electrons. The van der Waals surface area contributed by atoms with E-state index in [0.29, 0.717) is 12.5 Å². The topological polar surface area (TPSA) is 27.0 Å². The molecule has 76 valence electrons. The van der Waals surface area contributed by atoms with Crippen LogP contribution < -0.4 is 0 Å². The van der Waals surface area contributed by atoms with Crippen LogP contribution in [0.5, 0.6) is 0 Å². The molecule has 0 aromatic carbocycles. The van der Waals surface area contributed by atoms with Crippen molar-refractivity contribution in [2.45, 2.75) is 25.9 Å². The first kappa shape index (κ1) is 11.7. The predicted octanol–water partition coefficient (Wildman–Crippen LogP) is 3.24. The molecular formula is C10H13BrN2S. The normalized spacial score (nSPS) is 12.8. The van der Waals surface area contributed by atoms with Gasteiger partial charge in [0.15, 0.2) is 0 Å². The predicted molar refractivity (Wildman–Crippen MR) is 63.2 cm³/mol. The second-order valence-corrected chi connectivity index (χ2v) is 5.27. The lowest BCUT2D eigenvalue weighted by atomic mass is 10.2. The van der Waals surface area contributed by atoms with Crippen molar-refractivity contribution in [1.82, 2.24) is 4.90 Å². The van der Waals surface area contributed by atoms with Crippen LogP contribution in [0.25, 0.3) is 0 Å². The molecule has 1 unspecified atom stereocenters. The maximum Gasteiger partial charge on any atom is 0.0638 e. The molecule has 1 rings (SSSR count). The van der Waals surface area contributed by atoms with Gasteiger partial charge in [-0.05, 0) is 36.0 Å². The molecule has 1 aromatic heterocycles. The van der Waals surface area contributed by atoms with E-state index in [1.165, 1.54) is 4.88 Å². The fourth-order valence-corrected chi connectivity index (χ4v) is 2.64. The van der Waals surface area contributed by atoms with E-state index >= 15 is 0 Å². The third kappa shape index (κ3) is 3.41. The van der Waals surface area contributed by atoms with E-state index in [1.54, 1.807) is 11.3 Å². The summed E-state index contributed by atoms with van der Waals surface area (Å²) in [4.78, 5) is 3.52. The van der Waals surface area contributed by atoms with E-state index in [-0.39, 0.29) is 0 Å². The molecule has 14 heavy (non-hydrogen) atoms. The lowest BCUT2D eigenvalue weighted by Gasteiger charge is -2.21. The van der Waals surface area contributed by atoms with E-state index in [9.17, 15) is 0 Å². The summed E-state index contributed by atoms with van der Waals surface area (Å²) in [5.74, 6) is 0. The van der Waals surface area contributed by atoms with Crippen LogP contribution in [0, 0.1) is 11.3 Å². The Kier molecular flexibility index (Phi) is 4.59. The molecule has 0 saturated heterocycles. The first-order chi connectivity index (χ1) is 6.63. The Morgan fingerprint density at radius 1 is 1.71 bits per heavy atom. The average Bonchev–Trinajstić information content (AvgIpc) is 2.51. The molecular weight excluding hydrogens is 260 g/mol. The smallest absolute Gasteiger partial charge is 0.0638 e. The van der Waals surface area contributed by atoms with Gasteiger partial charge < -0.3 is 0 Å². The minimum atomic E-state index is 0.320. The number of thiophene rings is 1. The molecule has 0 aliphatic heterocycles. The molecule has 0 aliphatic rings. The van der Waals surface area contributed by atoms with Crippen LogP contribution in [-0.4, -0.2) is 18.0 Å². The lowest BCUT2D eigenvalue weighted by molar-refractivity contribution is 0.254. The van der Waals surface area contributed by atoms with Gasteiger partial charge in [0.1, 0.15) is 0 Å². The van der Waals surface area contributed by atoms with Crippen LogP contribution in [0.4, 0.5) is 0 Å². The molecule has 4 heteroatoms. The summed E-state index contributed by atoms with van der Waals surface area (Å²) in [6, 6.07) is 4.64. The van der Waals surface area contributed by atoms with Crippen molar-refractivity contribution < 1.29 is 0 Å². The van der Waals surface area contributed by atoms with Crippen molar-refractivity contribution in [3.63, 3.8) is 0 Å². The number of hydrogen-bond donors (Lipinski definition) is 0. The number of nitrogens with zero attached hydrogens (tertiary/aromatic N) is 2. The quantitative estimate of drug-likeness (QED) is 0.842. The molecule has 0 saturated carbocycles. The average molecular weight is 273 g/mol. The molecule has 0 N–H and O–H groups in total. The second kappa shape index (κ2) is 5.50. The van der Waals surface area contributed by atoms with Crippen LogP contribution >= 0.6 is 27.3 Å². The van der Waals surface area contributed by atoms with Gasteiger partial charge in [-0.25, -0.2) is 0 Å². The zero-order chi connectivity index (χ0) is 10.6. The molecule has 1 aromatic rings. The van der Waals surface area contributed by atoms with E-state index in [4.69, 9.17) is 5.26 Å². The van der Waals surface area contributed by atoms with Gasteiger partial charge in [0.25, 0.3) is 0 Å². The molecule has 0 fully saturated rings. The molecule has 2 nitrogen and oxygen atoms in total. The van der Waals surface area contributed by atoms with Gasteiger partial charge in [0.2, 0.25) is 0 Å². The van der Waals surface area contributed by atoms with Crippen LogP contribution in [0.1, 0.15) is 18.2 Å². The standard InChI is InChI=1S/C10H13BrN2S/c1-8(3-4-12)13(2)6-10-5-9(11)7-14-10/h5,7-8H,3,6H2,1-2H3. The number of halogens is 1. The van der Waals surface area contributed by atoms with Crippen LogP contribution in [0.3, 0.4) is 0 Å². The van der Waals surface area contributed by atoms with Gasteiger partial charge in [0, 0.05) is 27.3 Å². The summed E-state index contributed by atoms with van der Waals surface area (Å²) in [5.41, 5.74) is 0. The zero-order valence-corrected chi connectivity index (χ0v) is 10.7. The Hall–Kier alpha value is -0.370. The first-order valence-corrected chi connectivity index (χ1v) is 6.11. The fourth-order valence-electron chi connectivity index (χ4n) is 1.13. The van der Waals surface area contributed by atoms with Crippen molar-refractivity contribution >= 4 is 27.3 Å². The van der Waals surface area contributed by atoms with Crippen molar-refractivity contribution in [2.75, 3.05) is 7.05 Å². The highest BCUT2D eigenvalue weighted by Crippen LogP contribution is 2.21. The number of rotatable bonds is 4. The summed E-state index contributed by atoms with van der Waals surface area (Å²) < 4.78 is 1.14. The van der Waals surface area contributed by atoms with Gasteiger partial charge in [-0.15, -0.1) is 11.3 Å². The van der Waals surface area contributed by atoms with Gasteiger partial charge in [0.05, 0.1) is 12.5 Å². The van der Waals surface area contributed by atoms with Crippen molar-refractivity contribution in [3.8, 4) is 6.07 Å². The van der Waals surface area contributed by atoms with Gasteiger partial charge in [-0.2, -0.15) is 5.26 Å². The molecule has 1 heterocycles. The second-order valence-electron chi connectivity index (χ2n) is 3.36. The highest BCUT2D eigenvalue weighted by Gasteiger charge is 2.09. The Morgan fingerprint density at radius 2 is 2.43 bits per heavy atom. The van der Waals surface area contributed by atoms with Crippen molar-refractivity contribution in [3.05, 3.63) is 20.8 Å². The van der Waals surface area contributed by atoms with Gasteiger partial charge in [-0.1, -0.05) is 0 Å². The van der Waals surface area contributed by atoms with Crippen LogP contribution in [0.2, 0.25) is 0 Å². The van der Waals surface area contributed by atoms with E-state index in [0.717, 1.165) is 11.0 Å². The third-order valence-corrected chi connectivity index (χ3v) is 3.85. The maximum atomic E-state index is 8.57. The Balaban J connectivity index is 2.49. The zero-order valence-electron chi connectivity index (χ0n) is 8.33. The molecule has 0 spiro atoms. The molecule has 0 amide bonds. The van der Waals surface area contributed by atoms with E-state index < -0.39 is 0 Å². The van der Waals surface area contributed by atoms with Crippen LogP contribution in [-0.2, 0) is 6.54 Å². The Bertz CT molecular complexity index is 329. The first-order valence-electron chi connectivity index (χ1n) is 4.43. The molecule has 0 aliphatic carbocycles. The SMILES string of the molecule is CC(CC#N)N(C)Cc1cc(Br)cs1. The highest BCUT2D eigenvalue weighted by molar-refractivity contribution is 9.10. The van der Waals surface area contributed by atoms with Gasteiger partial charge in [-0.3, -0.25) is 4.90 Å². The summed E-state index contributed by atoms with van der Waals surface area (Å²) in [7, 11) is 2.05. The minimum absolute atomic E-state index is 0.320. The third-order valence-electron chi connectivity index (χ3n) is 2.17. The van der Waals surface area contributed by atoms with E-state index in [1.807, 2.05) is 0 Å². The maximum absolute atomic E-state index is 8.57. The fraction of sp³-hybridized carbons (Fsp3) is 0.500. The highest BCUT2D eigenvalue weighted by atomic mass is 79.9. The summed E-state index contributed by atoms with van der Waals surface area (Å²) in [5, 5.41) is 10.7. The molecule has 0 bridgehead atoms. The number of nitriles is 1. The Labute approximate surface area is 97.3 Å². The Morgan fingerprint density at radius 3 is 2.93 bits per heavy atom. The van der Waals surface area contributed by atoms with Crippen molar-refractivity contribution in [2.24, 2.45) is 0 Å². The lowest BCUT2D eigenvalue weighted by Crippen LogP contribution is -2.27. The summed E-state index contributed by atoms with van der Waals surface area (Å²) >= 11 is 5.17. The van der Waals surface area contributed by atoms with Crippen LogP contribution in [0.15, 0.2) is 15.9 Å². The monoisotopic (exact) mass is 272 g/mol. The summed E-state index contributed by atoms with van der Waals surface area (Å²) in [6.45, 7) is 2.99. The van der Waals surface area contributed by atoms with Gasteiger partial charge >= 0.3 is 0 Å². The minimum Gasteiger partial charge on any atom is -0.298 e. The number of hydrogen-bond acceptors (Lipinski definition) is 3.